The Morgan fingerprint density at radius 2 is 1.85 bits per heavy atom. The molecule has 1 radical (unpaired) electrons. The van der Waals surface area contributed by atoms with Gasteiger partial charge in [-0.1, -0.05) is 36.4 Å². The van der Waals surface area contributed by atoms with Gasteiger partial charge in [-0.25, -0.2) is 4.98 Å². The molecular formula is C21H21N4O. The fraction of sp³-hybridized carbons (Fsp3) is 0.238. The zero-order valence-electron chi connectivity index (χ0n) is 14.8. The molecule has 5 heteroatoms. The average molecular weight is 345 g/mol. The smallest absolute Gasteiger partial charge is 0.253 e. The predicted molar refractivity (Wildman–Crippen MR) is 104 cm³/mol. The first-order valence-electron chi connectivity index (χ1n) is 8.77. The minimum absolute atomic E-state index is 0.448. The van der Waals surface area contributed by atoms with E-state index in [1.54, 1.807) is 0 Å². The molecule has 4 rings (SSSR count). The molecular weight excluding hydrogens is 324 g/mol. The third-order valence-electron chi connectivity index (χ3n) is 4.92. The molecule has 1 saturated heterocycles. The zero-order chi connectivity index (χ0) is 18.1. The van der Waals surface area contributed by atoms with Crippen molar-refractivity contribution in [2.75, 3.05) is 38.1 Å². The Labute approximate surface area is 153 Å². The Bertz CT molecular complexity index is 947. The van der Waals surface area contributed by atoms with Crippen LogP contribution in [0.25, 0.3) is 22.0 Å². The van der Waals surface area contributed by atoms with Crippen molar-refractivity contribution in [1.29, 1.82) is 0 Å². The van der Waals surface area contributed by atoms with E-state index in [1.807, 2.05) is 48.5 Å². The summed E-state index contributed by atoms with van der Waals surface area (Å²) in [5, 5.41) is 0.894. The van der Waals surface area contributed by atoms with Crippen LogP contribution >= 0.6 is 0 Å². The molecule has 0 bridgehead atoms. The lowest BCUT2D eigenvalue weighted by atomic mass is 9.95. The molecule has 2 N–H and O–H groups in total. The van der Waals surface area contributed by atoms with E-state index in [0.29, 0.717) is 11.4 Å². The minimum atomic E-state index is -0.448. The van der Waals surface area contributed by atoms with Gasteiger partial charge in [0.25, 0.3) is 5.91 Å². The molecule has 0 spiro atoms. The Morgan fingerprint density at radius 3 is 2.54 bits per heavy atom. The van der Waals surface area contributed by atoms with E-state index in [-0.39, 0.29) is 0 Å². The molecule has 0 saturated carbocycles. The number of hydrogen-bond acceptors (Lipinski definition) is 4. The summed E-state index contributed by atoms with van der Waals surface area (Å²) >= 11 is 0. The van der Waals surface area contributed by atoms with Crippen LogP contribution in [0.4, 0.5) is 5.82 Å². The Morgan fingerprint density at radius 1 is 1.12 bits per heavy atom. The summed E-state index contributed by atoms with van der Waals surface area (Å²) in [6, 6.07) is 18.7. The summed E-state index contributed by atoms with van der Waals surface area (Å²) in [5.74, 6) is 0.235. The van der Waals surface area contributed by atoms with Crippen LogP contribution in [0.5, 0.6) is 0 Å². The number of rotatable bonds is 3. The van der Waals surface area contributed by atoms with Crippen molar-refractivity contribution in [3.8, 4) is 11.1 Å². The van der Waals surface area contributed by atoms with E-state index in [4.69, 9.17) is 10.7 Å². The lowest BCUT2D eigenvalue weighted by Gasteiger charge is -2.34. The van der Waals surface area contributed by atoms with E-state index >= 15 is 0 Å². The van der Waals surface area contributed by atoms with E-state index in [9.17, 15) is 4.79 Å². The molecule has 0 aliphatic carbocycles. The highest BCUT2D eigenvalue weighted by atomic mass is 16.1. The maximum atomic E-state index is 12.5. The quantitative estimate of drug-likeness (QED) is 0.792. The standard InChI is InChI=1S/C21H21N4O/c1-24-11-13-25(14-12-24)21-19(20(22)26)18(15-7-3-2-4-8-15)16-9-5-6-10-17(16)23-21/h2-4,6-10H,11-14H2,1H3,(H2,22,26). The second-order valence-corrected chi connectivity index (χ2v) is 6.65. The summed E-state index contributed by atoms with van der Waals surface area (Å²) in [6.07, 6.45) is 0. The SMILES string of the molecule is CN1CCN(c2nc3cc[c]cc3c(-c3ccccc3)c2C(N)=O)CC1. The second-order valence-electron chi connectivity index (χ2n) is 6.65. The molecule has 1 aliphatic heterocycles. The van der Waals surface area contributed by atoms with E-state index < -0.39 is 5.91 Å². The van der Waals surface area contributed by atoms with Gasteiger partial charge in [-0.3, -0.25) is 4.79 Å². The molecule has 0 atom stereocenters. The third-order valence-corrected chi connectivity index (χ3v) is 4.92. The van der Waals surface area contributed by atoms with E-state index in [1.165, 1.54) is 0 Å². The number of piperazine rings is 1. The molecule has 26 heavy (non-hydrogen) atoms. The molecule has 2 aromatic carbocycles. The Balaban J connectivity index is 2.00. The van der Waals surface area contributed by atoms with Gasteiger partial charge in [-0.05, 0) is 30.8 Å². The number of anilines is 1. The van der Waals surface area contributed by atoms with Crippen molar-refractivity contribution in [3.05, 3.63) is 60.2 Å². The molecule has 1 aromatic heterocycles. The van der Waals surface area contributed by atoms with Crippen molar-refractivity contribution >= 4 is 22.6 Å². The van der Waals surface area contributed by atoms with Crippen LogP contribution in [-0.4, -0.2) is 49.0 Å². The Kier molecular flexibility index (Phi) is 4.31. The fourth-order valence-corrected chi connectivity index (χ4v) is 3.52. The van der Waals surface area contributed by atoms with Gasteiger partial charge in [0.2, 0.25) is 0 Å². The molecule has 3 aromatic rings. The van der Waals surface area contributed by atoms with Crippen LogP contribution in [0.15, 0.2) is 48.5 Å². The first kappa shape index (κ1) is 16.5. The maximum Gasteiger partial charge on any atom is 0.253 e. The van der Waals surface area contributed by atoms with Gasteiger partial charge in [0.05, 0.1) is 11.1 Å². The van der Waals surface area contributed by atoms with Crippen molar-refractivity contribution < 1.29 is 4.79 Å². The summed E-state index contributed by atoms with van der Waals surface area (Å²) in [6.45, 7) is 3.51. The summed E-state index contributed by atoms with van der Waals surface area (Å²) in [4.78, 5) is 21.8. The Hall–Kier alpha value is -2.92. The number of carbonyl (C=O) groups excluding carboxylic acids is 1. The van der Waals surface area contributed by atoms with Crippen molar-refractivity contribution in [1.82, 2.24) is 9.88 Å². The number of hydrogen-bond donors (Lipinski definition) is 1. The number of benzene rings is 2. The number of primary amides is 1. The van der Waals surface area contributed by atoms with Gasteiger partial charge in [0.15, 0.2) is 0 Å². The highest BCUT2D eigenvalue weighted by Crippen LogP contribution is 2.36. The predicted octanol–water partition coefficient (Wildman–Crippen LogP) is 2.55. The first-order valence-corrected chi connectivity index (χ1v) is 8.77. The fourth-order valence-electron chi connectivity index (χ4n) is 3.52. The number of fused-ring (bicyclic) bond motifs is 1. The third kappa shape index (κ3) is 2.91. The monoisotopic (exact) mass is 345 g/mol. The van der Waals surface area contributed by atoms with Gasteiger partial charge in [-0.2, -0.15) is 0 Å². The van der Waals surface area contributed by atoms with Gasteiger partial charge in [0, 0.05) is 37.1 Å². The average Bonchev–Trinajstić information content (AvgIpc) is 2.67. The molecule has 131 valence electrons. The molecule has 1 fully saturated rings. The molecule has 1 amide bonds. The normalized spacial score (nSPS) is 15.3. The van der Waals surface area contributed by atoms with Crippen LogP contribution in [0.3, 0.4) is 0 Å². The van der Waals surface area contributed by atoms with Crippen molar-refractivity contribution in [2.24, 2.45) is 5.73 Å². The lowest BCUT2D eigenvalue weighted by molar-refractivity contribution is 0.100. The van der Waals surface area contributed by atoms with Crippen LogP contribution in [0.2, 0.25) is 0 Å². The largest absolute Gasteiger partial charge is 0.365 e. The highest BCUT2D eigenvalue weighted by Gasteiger charge is 2.25. The second kappa shape index (κ2) is 6.77. The first-order chi connectivity index (χ1) is 12.6. The minimum Gasteiger partial charge on any atom is -0.365 e. The number of nitrogens with zero attached hydrogens (tertiary/aromatic N) is 3. The van der Waals surface area contributed by atoms with E-state index in [0.717, 1.165) is 48.2 Å². The number of nitrogens with two attached hydrogens (primary N) is 1. The molecule has 0 unspecified atom stereocenters. The molecule has 5 nitrogen and oxygen atoms in total. The van der Waals surface area contributed by atoms with Crippen LogP contribution in [0.1, 0.15) is 10.4 Å². The molecule has 1 aliphatic rings. The lowest BCUT2D eigenvalue weighted by Crippen LogP contribution is -2.45. The maximum absolute atomic E-state index is 12.5. The van der Waals surface area contributed by atoms with Crippen LogP contribution in [0, 0.1) is 6.07 Å². The number of likely N-dealkylation sites (N-methyl/N-ethyl adjacent to an activating group) is 1. The number of aromatic nitrogens is 1. The van der Waals surface area contributed by atoms with Gasteiger partial charge >= 0.3 is 0 Å². The van der Waals surface area contributed by atoms with E-state index in [2.05, 4.69) is 22.9 Å². The van der Waals surface area contributed by atoms with Crippen molar-refractivity contribution in [3.63, 3.8) is 0 Å². The number of carbonyl (C=O) groups is 1. The highest BCUT2D eigenvalue weighted by molar-refractivity contribution is 6.12. The van der Waals surface area contributed by atoms with Crippen LogP contribution in [-0.2, 0) is 0 Å². The summed E-state index contributed by atoms with van der Waals surface area (Å²) in [5.41, 5.74) is 9.00. The summed E-state index contributed by atoms with van der Waals surface area (Å²) < 4.78 is 0. The van der Waals surface area contributed by atoms with Gasteiger partial charge in [0.1, 0.15) is 5.82 Å². The summed E-state index contributed by atoms with van der Waals surface area (Å²) in [7, 11) is 2.10. The number of pyridine rings is 1. The zero-order valence-corrected chi connectivity index (χ0v) is 14.8. The van der Waals surface area contributed by atoms with Gasteiger partial charge in [-0.15, -0.1) is 0 Å². The number of amides is 1. The topological polar surface area (TPSA) is 62.5 Å². The van der Waals surface area contributed by atoms with Crippen LogP contribution < -0.4 is 10.6 Å². The molecule has 2 heterocycles. The van der Waals surface area contributed by atoms with Crippen molar-refractivity contribution in [2.45, 2.75) is 0 Å². The van der Waals surface area contributed by atoms with Gasteiger partial charge < -0.3 is 15.5 Å².